The number of ether oxygens (including phenoxy) is 2. The van der Waals surface area contributed by atoms with Crippen LogP contribution in [0.4, 0.5) is 16.2 Å². The third-order valence-corrected chi connectivity index (χ3v) is 12.1. The van der Waals surface area contributed by atoms with Gasteiger partial charge in [0.25, 0.3) is 11.4 Å². The lowest BCUT2D eigenvalue weighted by Crippen LogP contribution is -2.30. The van der Waals surface area contributed by atoms with Crippen LogP contribution in [0.15, 0.2) is 36.4 Å². The summed E-state index contributed by atoms with van der Waals surface area (Å²) in [7, 11) is -3.58. The van der Waals surface area contributed by atoms with Gasteiger partial charge in [-0.2, -0.15) is 0 Å². The summed E-state index contributed by atoms with van der Waals surface area (Å²) in [4.78, 5) is 34.4. The van der Waals surface area contributed by atoms with Crippen LogP contribution in [0.3, 0.4) is 0 Å². The SMILES string of the molecule is CC(c1cc([N+](=O)[O-])ccc1OC(=O)Oc1ccc([N+](=O)[O-])cc1C(C)[Si](C)(C)C)[Si](C)(C)C. The van der Waals surface area contributed by atoms with Crippen LogP contribution in [-0.2, 0) is 0 Å². The van der Waals surface area contributed by atoms with Crippen molar-refractivity contribution in [2.24, 2.45) is 0 Å². The summed E-state index contributed by atoms with van der Waals surface area (Å²) >= 11 is 0. The molecule has 0 heterocycles. The Morgan fingerprint density at radius 3 is 1.32 bits per heavy atom. The lowest BCUT2D eigenvalue weighted by molar-refractivity contribution is -0.385. The Balaban J connectivity index is 2.43. The normalized spacial score (nSPS) is 13.6. The predicted molar refractivity (Wildman–Crippen MR) is 136 cm³/mol. The van der Waals surface area contributed by atoms with Crippen molar-refractivity contribution in [3.05, 3.63) is 67.8 Å². The van der Waals surface area contributed by atoms with Gasteiger partial charge in [0.1, 0.15) is 11.5 Å². The van der Waals surface area contributed by atoms with Gasteiger partial charge in [0, 0.05) is 35.4 Å². The van der Waals surface area contributed by atoms with Gasteiger partial charge in [-0.25, -0.2) is 4.79 Å². The molecule has 2 atom stereocenters. The number of hydrogen-bond acceptors (Lipinski definition) is 7. The van der Waals surface area contributed by atoms with Gasteiger partial charge in [-0.3, -0.25) is 20.2 Å². The molecule has 11 heteroatoms. The largest absolute Gasteiger partial charge is 0.519 e. The minimum Gasteiger partial charge on any atom is -0.394 e. The van der Waals surface area contributed by atoms with Gasteiger partial charge < -0.3 is 9.47 Å². The van der Waals surface area contributed by atoms with E-state index >= 15 is 0 Å². The third kappa shape index (κ3) is 6.51. The summed E-state index contributed by atoms with van der Waals surface area (Å²) in [6.45, 7) is 16.7. The van der Waals surface area contributed by atoms with E-state index in [1.54, 1.807) is 0 Å². The standard InChI is InChI=1S/C23H32N2O7Si2/c1-15(33(3,4)5)19-13-17(24(27)28)9-11-21(19)31-23(26)32-22-12-10-18(25(29)30)14-20(22)16(2)34(6,7)8/h9-16H,1-8H3. The molecule has 0 N–H and O–H groups in total. The predicted octanol–water partition coefficient (Wildman–Crippen LogP) is 7.04. The second-order valence-corrected chi connectivity index (χ2v) is 21.8. The molecule has 0 amide bonds. The van der Waals surface area contributed by atoms with Gasteiger partial charge in [-0.05, 0) is 23.2 Å². The summed E-state index contributed by atoms with van der Waals surface area (Å²) in [5.74, 6) is 0.402. The Kier molecular flexibility index (Phi) is 8.04. The molecule has 184 valence electrons. The maximum atomic E-state index is 12.8. The van der Waals surface area contributed by atoms with Crippen molar-refractivity contribution in [3.63, 3.8) is 0 Å². The molecule has 0 radical (unpaired) electrons. The Morgan fingerprint density at radius 1 is 0.735 bits per heavy atom. The van der Waals surface area contributed by atoms with Crippen LogP contribution in [0, 0.1) is 20.2 Å². The van der Waals surface area contributed by atoms with E-state index in [2.05, 4.69) is 39.3 Å². The molecule has 0 spiro atoms. The van der Waals surface area contributed by atoms with Crippen molar-refractivity contribution in [3.8, 4) is 11.5 Å². The van der Waals surface area contributed by atoms with E-state index in [-0.39, 0.29) is 34.0 Å². The smallest absolute Gasteiger partial charge is 0.394 e. The zero-order valence-electron chi connectivity index (χ0n) is 20.9. The molecular weight excluding hydrogens is 472 g/mol. The number of nitro groups is 2. The maximum Gasteiger partial charge on any atom is 0.519 e. The van der Waals surface area contributed by atoms with E-state index < -0.39 is 32.1 Å². The highest BCUT2D eigenvalue weighted by Crippen LogP contribution is 2.38. The molecule has 0 bridgehead atoms. The Labute approximate surface area is 201 Å². The highest BCUT2D eigenvalue weighted by molar-refractivity contribution is 6.77. The zero-order chi connectivity index (χ0) is 26.0. The monoisotopic (exact) mass is 504 g/mol. The van der Waals surface area contributed by atoms with E-state index in [1.807, 2.05) is 13.8 Å². The van der Waals surface area contributed by atoms with E-state index in [1.165, 1.54) is 36.4 Å². The number of nitro benzene ring substituents is 2. The van der Waals surface area contributed by atoms with Crippen molar-refractivity contribution in [2.45, 2.75) is 64.2 Å². The van der Waals surface area contributed by atoms with E-state index in [9.17, 15) is 25.0 Å². The molecule has 2 aromatic carbocycles. The Hall–Kier alpha value is -3.06. The number of carbonyl (C=O) groups is 1. The number of hydrogen-bond donors (Lipinski definition) is 0. The first-order chi connectivity index (χ1) is 15.5. The Morgan fingerprint density at radius 2 is 1.06 bits per heavy atom. The lowest BCUT2D eigenvalue weighted by Gasteiger charge is -2.27. The summed E-state index contributed by atoms with van der Waals surface area (Å²) < 4.78 is 11.0. The second kappa shape index (κ2) is 10.1. The van der Waals surface area contributed by atoms with E-state index in [0.29, 0.717) is 11.1 Å². The fraction of sp³-hybridized carbons (Fsp3) is 0.435. The molecule has 0 aromatic heterocycles. The summed E-state index contributed by atoms with van der Waals surface area (Å²) in [6.07, 6.45) is -1.00. The first kappa shape index (κ1) is 27.2. The number of rotatable bonds is 8. The van der Waals surface area contributed by atoms with Crippen LogP contribution in [0.5, 0.6) is 11.5 Å². The minimum atomic E-state index is -1.79. The van der Waals surface area contributed by atoms with Crippen molar-refractivity contribution in [1.29, 1.82) is 0 Å². The van der Waals surface area contributed by atoms with Crippen LogP contribution in [0.2, 0.25) is 39.3 Å². The highest BCUT2D eigenvalue weighted by atomic mass is 28.3. The van der Waals surface area contributed by atoms with Gasteiger partial charge >= 0.3 is 6.16 Å². The fourth-order valence-corrected chi connectivity index (χ4v) is 5.61. The van der Waals surface area contributed by atoms with Crippen molar-refractivity contribution in [2.75, 3.05) is 0 Å². The third-order valence-electron chi connectivity index (χ3n) is 6.33. The number of non-ortho nitro benzene ring substituents is 2. The fourth-order valence-electron chi connectivity index (χ4n) is 3.29. The first-order valence-corrected chi connectivity index (χ1v) is 18.1. The average molecular weight is 505 g/mol. The van der Waals surface area contributed by atoms with Gasteiger partial charge in [0.2, 0.25) is 0 Å². The summed E-state index contributed by atoms with van der Waals surface area (Å²) in [5, 5.41) is 22.6. The molecule has 0 fully saturated rings. The van der Waals surface area contributed by atoms with Crippen LogP contribution in [-0.4, -0.2) is 32.1 Å². The molecule has 9 nitrogen and oxygen atoms in total. The van der Waals surface area contributed by atoms with E-state index in [0.717, 1.165) is 0 Å². The summed E-state index contributed by atoms with van der Waals surface area (Å²) in [5.41, 5.74) is 0.924. The van der Waals surface area contributed by atoms with E-state index in [4.69, 9.17) is 9.47 Å². The molecule has 0 saturated carbocycles. The molecule has 0 aliphatic rings. The molecule has 0 aliphatic carbocycles. The maximum absolute atomic E-state index is 12.8. The molecule has 2 aromatic rings. The molecule has 34 heavy (non-hydrogen) atoms. The zero-order valence-corrected chi connectivity index (χ0v) is 22.9. The quantitative estimate of drug-likeness (QED) is 0.124. The first-order valence-electron chi connectivity index (χ1n) is 11.0. The second-order valence-electron chi connectivity index (χ2n) is 10.6. The Bertz CT molecular complexity index is 1020. The van der Waals surface area contributed by atoms with Gasteiger partial charge in [0.15, 0.2) is 0 Å². The molecule has 0 aliphatic heterocycles. The number of benzene rings is 2. The van der Waals surface area contributed by atoms with Gasteiger partial charge in [-0.15, -0.1) is 0 Å². The topological polar surface area (TPSA) is 122 Å². The van der Waals surface area contributed by atoms with Crippen LogP contribution >= 0.6 is 0 Å². The lowest BCUT2D eigenvalue weighted by atomic mass is 10.1. The van der Waals surface area contributed by atoms with Gasteiger partial charge in [0.05, 0.1) is 26.0 Å². The van der Waals surface area contributed by atoms with Crippen molar-refractivity contribution < 1.29 is 24.1 Å². The van der Waals surface area contributed by atoms with Crippen molar-refractivity contribution >= 4 is 33.7 Å². The highest BCUT2D eigenvalue weighted by Gasteiger charge is 2.31. The van der Waals surface area contributed by atoms with Crippen molar-refractivity contribution in [1.82, 2.24) is 0 Å². The minimum absolute atomic E-state index is 0.0305. The molecule has 2 unspecified atom stereocenters. The molecule has 0 saturated heterocycles. The number of nitrogens with zero attached hydrogens (tertiary/aromatic N) is 2. The average Bonchev–Trinajstić information content (AvgIpc) is 2.71. The van der Waals surface area contributed by atoms with Crippen LogP contribution < -0.4 is 9.47 Å². The van der Waals surface area contributed by atoms with Crippen LogP contribution in [0.25, 0.3) is 0 Å². The number of carbonyl (C=O) groups excluding carboxylic acids is 1. The van der Waals surface area contributed by atoms with Gasteiger partial charge in [-0.1, -0.05) is 53.1 Å². The molecule has 2 rings (SSSR count). The van der Waals surface area contributed by atoms with Crippen LogP contribution in [0.1, 0.15) is 36.1 Å². The summed E-state index contributed by atoms with van der Waals surface area (Å²) in [6, 6.07) is 8.27. The molecular formula is C23H32N2O7Si2.